The summed E-state index contributed by atoms with van der Waals surface area (Å²) in [6.07, 6.45) is 0. The fourth-order valence-electron chi connectivity index (χ4n) is 2.01. The lowest BCUT2D eigenvalue weighted by atomic mass is 10.1. The highest BCUT2D eigenvalue weighted by Crippen LogP contribution is 2.35. The van der Waals surface area contributed by atoms with Crippen LogP contribution in [0.4, 0.5) is 20.2 Å². The summed E-state index contributed by atoms with van der Waals surface area (Å²) in [6.45, 7) is 1.83. The molecular weight excluding hydrogens is 358 g/mol. The van der Waals surface area contributed by atoms with Gasteiger partial charge in [-0.25, -0.2) is 13.6 Å². The van der Waals surface area contributed by atoms with Gasteiger partial charge in [-0.05, 0) is 56.7 Å². The molecule has 0 aliphatic heterocycles. The van der Waals surface area contributed by atoms with Gasteiger partial charge in [0.05, 0.1) is 26.9 Å². The highest BCUT2D eigenvalue weighted by atomic mass is 35.5. The molecule has 0 bridgehead atoms. The molecule has 2 N–H and O–H groups in total. The van der Waals surface area contributed by atoms with Crippen LogP contribution >= 0.6 is 23.5 Å². The SMILES string of the molecule is Cc1ccc(Nc2c(C(=O)O)cc(SN(C)C)c(F)c2F)c(Cl)c1. The van der Waals surface area contributed by atoms with E-state index >= 15 is 0 Å². The maximum absolute atomic E-state index is 14.5. The van der Waals surface area contributed by atoms with Crippen molar-refractivity contribution in [2.45, 2.75) is 11.8 Å². The van der Waals surface area contributed by atoms with Gasteiger partial charge in [-0.1, -0.05) is 17.7 Å². The van der Waals surface area contributed by atoms with Crippen molar-refractivity contribution in [2.24, 2.45) is 0 Å². The van der Waals surface area contributed by atoms with Crippen molar-refractivity contribution in [2.75, 3.05) is 19.4 Å². The minimum absolute atomic E-state index is 0.115. The average molecular weight is 373 g/mol. The zero-order chi connectivity index (χ0) is 18.0. The second-order valence-corrected chi connectivity index (χ2v) is 7.00. The third kappa shape index (κ3) is 3.98. The van der Waals surface area contributed by atoms with Crippen LogP contribution in [0.1, 0.15) is 15.9 Å². The summed E-state index contributed by atoms with van der Waals surface area (Å²) in [4.78, 5) is 11.4. The number of nitrogens with zero attached hydrogens (tertiary/aromatic N) is 1. The van der Waals surface area contributed by atoms with E-state index in [0.29, 0.717) is 0 Å². The summed E-state index contributed by atoms with van der Waals surface area (Å²) in [5, 5.41) is 12.2. The second kappa shape index (κ2) is 7.38. The average Bonchev–Trinajstić information content (AvgIpc) is 2.48. The van der Waals surface area contributed by atoms with Crippen LogP contribution in [0.2, 0.25) is 5.02 Å². The van der Waals surface area contributed by atoms with Gasteiger partial charge in [0.25, 0.3) is 0 Å². The Morgan fingerprint density at radius 2 is 1.92 bits per heavy atom. The minimum Gasteiger partial charge on any atom is -0.478 e. The van der Waals surface area contributed by atoms with E-state index in [1.54, 1.807) is 32.3 Å². The normalized spacial score (nSPS) is 11.0. The lowest BCUT2D eigenvalue weighted by Crippen LogP contribution is -2.10. The molecule has 2 aromatic carbocycles. The van der Waals surface area contributed by atoms with Crippen LogP contribution in [-0.2, 0) is 0 Å². The van der Waals surface area contributed by atoms with E-state index in [9.17, 15) is 18.7 Å². The lowest BCUT2D eigenvalue weighted by Gasteiger charge is -2.16. The number of halogens is 3. The van der Waals surface area contributed by atoms with Gasteiger partial charge in [-0.2, -0.15) is 0 Å². The van der Waals surface area contributed by atoms with Crippen LogP contribution < -0.4 is 5.32 Å². The number of benzene rings is 2. The van der Waals surface area contributed by atoms with E-state index in [2.05, 4.69) is 5.32 Å². The summed E-state index contributed by atoms with van der Waals surface area (Å²) >= 11 is 6.96. The molecule has 0 aromatic heterocycles. The van der Waals surface area contributed by atoms with Crippen molar-refractivity contribution in [3.05, 3.63) is 52.0 Å². The molecule has 0 amide bonds. The molecule has 0 spiro atoms. The van der Waals surface area contributed by atoms with E-state index in [0.717, 1.165) is 23.6 Å². The monoisotopic (exact) mass is 372 g/mol. The van der Waals surface area contributed by atoms with Crippen molar-refractivity contribution in [1.29, 1.82) is 0 Å². The molecule has 0 heterocycles. The number of nitrogens with one attached hydrogen (secondary N) is 1. The fraction of sp³-hybridized carbons (Fsp3) is 0.188. The zero-order valence-corrected chi connectivity index (χ0v) is 14.7. The predicted octanol–water partition coefficient (Wildman–Crippen LogP) is 4.94. The van der Waals surface area contributed by atoms with Crippen molar-refractivity contribution in [3.8, 4) is 0 Å². The van der Waals surface area contributed by atoms with E-state index in [1.807, 2.05) is 6.92 Å². The summed E-state index contributed by atoms with van der Waals surface area (Å²) in [5.41, 5.74) is 0.327. The highest BCUT2D eigenvalue weighted by molar-refractivity contribution is 7.97. The van der Waals surface area contributed by atoms with E-state index in [4.69, 9.17) is 11.6 Å². The molecule has 0 saturated heterocycles. The fourth-order valence-corrected chi connectivity index (χ4v) is 3.03. The van der Waals surface area contributed by atoms with Gasteiger partial charge in [-0.3, -0.25) is 4.31 Å². The summed E-state index contributed by atoms with van der Waals surface area (Å²) in [7, 11) is 3.28. The number of carboxylic acids is 1. The molecule has 0 radical (unpaired) electrons. The van der Waals surface area contributed by atoms with Crippen LogP contribution in [0.3, 0.4) is 0 Å². The Kier molecular flexibility index (Phi) is 5.69. The van der Waals surface area contributed by atoms with Crippen LogP contribution in [0.25, 0.3) is 0 Å². The van der Waals surface area contributed by atoms with Gasteiger partial charge < -0.3 is 10.4 Å². The van der Waals surface area contributed by atoms with Gasteiger partial charge in [0.2, 0.25) is 0 Å². The quantitative estimate of drug-likeness (QED) is 0.728. The molecule has 0 atom stereocenters. The standard InChI is InChI=1S/C16H15ClF2N2O2S/c1-8-4-5-11(10(17)6-8)20-15-9(16(22)23)7-12(24-21(2)3)13(18)14(15)19/h4-7,20H,1-3H3,(H,22,23). The maximum Gasteiger partial charge on any atom is 0.337 e. The molecular formula is C16H15ClF2N2O2S. The molecule has 8 heteroatoms. The van der Waals surface area contributed by atoms with E-state index in [1.165, 1.54) is 4.31 Å². The highest BCUT2D eigenvalue weighted by Gasteiger charge is 2.23. The Hall–Kier alpha value is -1.83. The Labute approximate surface area is 147 Å². The molecule has 0 aliphatic rings. The van der Waals surface area contributed by atoms with Crippen LogP contribution in [0, 0.1) is 18.6 Å². The number of carboxylic acid groups (broad SMARTS) is 1. The van der Waals surface area contributed by atoms with E-state index < -0.39 is 23.3 Å². The van der Waals surface area contributed by atoms with Gasteiger partial charge in [0.15, 0.2) is 11.6 Å². The summed E-state index contributed by atoms with van der Waals surface area (Å²) in [6, 6.07) is 6.02. The van der Waals surface area contributed by atoms with Crippen molar-refractivity contribution in [1.82, 2.24) is 4.31 Å². The van der Waals surface area contributed by atoms with Crippen molar-refractivity contribution >= 4 is 40.9 Å². The first kappa shape index (κ1) is 18.5. The van der Waals surface area contributed by atoms with Gasteiger partial charge >= 0.3 is 5.97 Å². The third-order valence-corrected chi connectivity index (χ3v) is 4.24. The summed E-state index contributed by atoms with van der Waals surface area (Å²) < 4.78 is 30.2. The Balaban J connectivity index is 2.56. The predicted molar refractivity (Wildman–Crippen MR) is 92.3 cm³/mol. The molecule has 0 aliphatic carbocycles. The Morgan fingerprint density at radius 1 is 1.25 bits per heavy atom. The smallest absolute Gasteiger partial charge is 0.337 e. The number of hydrogen-bond acceptors (Lipinski definition) is 4. The molecule has 0 saturated carbocycles. The molecule has 2 aromatic rings. The minimum atomic E-state index is -1.37. The van der Waals surface area contributed by atoms with Gasteiger partial charge in [0.1, 0.15) is 0 Å². The Bertz CT molecular complexity index is 800. The third-order valence-electron chi connectivity index (χ3n) is 3.07. The lowest BCUT2D eigenvalue weighted by molar-refractivity contribution is 0.0697. The first-order valence-corrected chi connectivity index (χ1v) is 7.99. The number of rotatable bonds is 5. The number of aryl methyl sites for hydroxylation is 1. The number of hydrogen-bond donors (Lipinski definition) is 2. The van der Waals surface area contributed by atoms with Gasteiger partial charge in [0, 0.05) is 0 Å². The first-order chi connectivity index (χ1) is 11.2. The zero-order valence-electron chi connectivity index (χ0n) is 13.2. The van der Waals surface area contributed by atoms with Crippen LogP contribution in [-0.4, -0.2) is 29.5 Å². The summed E-state index contributed by atoms with van der Waals surface area (Å²) in [5.74, 6) is -3.76. The molecule has 2 rings (SSSR count). The number of aromatic carboxylic acids is 1. The Morgan fingerprint density at radius 3 is 2.46 bits per heavy atom. The topological polar surface area (TPSA) is 52.6 Å². The van der Waals surface area contributed by atoms with Gasteiger partial charge in [-0.15, -0.1) is 0 Å². The number of carbonyl (C=O) groups is 1. The molecule has 0 fully saturated rings. The largest absolute Gasteiger partial charge is 0.478 e. The van der Waals surface area contributed by atoms with E-state index in [-0.39, 0.29) is 21.2 Å². The number of anilines is 2. The first-order valence-electron chi connectivity index (χ1n) is 6.84. The van der Waals surface area contributed by atoms with Crippen LogP contribution in [0.5, 0.6) is 0 Å². The molecule has 24 heavy (non-hydrogen) atoms. The second-order valence-electron chi connectivity index (χ2n) is 5.24. The van der Waals surface area contributed by atoms with Crippen LogP contribution in [0.15, 0.2) is 29.2 Å². The molecule has 128 valence electrons. The van der Waals surface area contributed by atoms with Crippen molar-refractivity contribution < 1.29 is 18.7 Å². The molecule has 0 unspecified atom stereocenters. The molecule has 4 nitrogen and oxygen atoms in total. The van der Waals surface area contributed by atoms with Crippen molar-refractivity contribution in [3.63, 3.8) is 0 Å². The maximum atomic E-state index is 14.5.